The molecule has 1 aromatic carbocycles. The van der Waals surface area contributed by atoms with Crippen molar-refractivity contribution in [1.82, 2.24) is 9.88 Å². The summed E-state index contributed by atoms with van der Waals surface area (Å²) in [5, 5.41) is 0. The second kappa shape index (κ2) is 10.5. The lowest BCUT2D eigenvalue weighted by atomic mass is 9.90. The number of anilines is 1. The van der Waals surface area contributed by atoms with E-state index in [9.17, 15) is 14.4 Å². The number of benzene rings is 1. The zero-order valence-corrected chi connectivity index (χ0v) is 25.6. The number of nitrogens with one attached hydrogen (secondary N) is 1. The standard InChI is InChI=1S/C29H38BrN3O6/c1-16-13-17(2)31-25(34)22(16)32(8)26(35)20-14-21(30)24-23(18(20)3)37-29(7,38-24)15-19-9-11-33(12-10-19)27(36)39-28(4,5)6/h13-14,19H,9-12,15H2,1-8H3,(H,31,34). The number of H-pyrrole nitrogens is 1. The van der Waals surface area contributed by atoms with Crippen molar-refractivity contribution in [1.29, 1.82) is 0 Å². The third kappa shape index (κ3) is 6.10. The summed E-state index contributed by atoms with van der Waals surface area (Å²) in [7, 11) is 1.60. The van der Waals surface area contributed by atoms with E-state index in [0.29, 0.717) is 58.2 Å². The Morgan fingerprint density at radius 2 is 1.77 bits per heavy atom. The number of ether oxygens (including phenoxy) is 3. The van der Waals surface area contributed by atoms with Crippen LogP contribution in [0.15, 0.2) is 21.4 Å². The summed E-state index contributed by atoms with van der Waals surface area (Å²) in [4.78, 5) is 44.5. The largest absolute Gasteiger partial charge is 0.448 e. The first-order valence-corrected chi connectivity index (χ1v) is 14.1. The molecule has 1 saturated heterocycles. The number of carbonyl (C=O) groups excluding carboxylic acids is 2. The first-order valence-electron chi connectivity index (χ1n) is 13.3. The quantitative estimate of drug-likeness (QED) is 0.469. The Bertz CT molecular complexity index is 1360. The van der Waals surface area contributed by atoms with Crippen LogP contribution < -0.4 is 19.9 Å². The number of hydrogen-bond donors (Lipinski definition) is 1. The number of piperidine rings is 1. The molecule has 2 aromatic rings. The van der Waals surface area contributed by atoms with Crippen molar-refractivity contribution in [2.24, 2.45) is 5.92 Å². The molecule has 1 unspecified atom stereocenters. The molecule has 0 aliphatic carbocycles. The summed E-state index contributed by atoms with van der Waals surface area (Å²) in [5.41, 5.74) is 1.99. The van der Waals surface area contributed by atoms with E-state index in [0.717, 1.165) is 24.1 Å². The first-order chi connectivity index (χ1) is 18.1. The Kier molecular flexibility index (Phi) is 7.82. The number of aromatic amines is 1. The van der Waals surface area contributed by atoms with Crippen LogP contribution in [-0.4, -0.2) is 53.4 Å². The second-order valence-corrected chi connectivity index (χ2v) is 12.7. The molecular formula is C29H38BrN3O6. The second-order valence-electron chi connectivity index (χ2n) is 11.8. The highest BCUT2D eigenvalue weighted by Gasteiger charge is 2.43. The summed E-state index contributed by atoms with van der Waals surface area (Å²) in [6.07, 6.45) is 1.99. The maximum Gasteiger partial charge on any atom is 0.410 e. The van der Waals surface area contributed by atoms with E-state index in [4.69, 9.17) is 14.2 Å². The van der Waals surface area contributed by atoms with E-state index in [1.165, 1.54) is 4.90 Å². The van der Waals surface area contributed by atoms with Gasteiger partial charge in [-0.3, -0.25) is 9.59 Å². The number of halogens is 1. The topological polar surface area (TPSA) is 101 Å². The van der Waals surface area contributed by atoms with Gasteiger partial charge in [-0.15, -0.1) is 0 Å². The fraction of sp³-hybridized carbons (Fsp3) is 0.552. The number of nitrogens with zero attached hydrogens (tertiary/aromatic N) is 2. The molecule has 0 saturated carbocycles. The maximum absolute atomic E-state index is 13.6. The first kappa shape index (κ1) is 29.0. The lowest BCUT2D eigenvalue weighted by molar-refractivity contribution is -0.0848. The fourth-order valence-electron chi connectivity index (χ4n) is 5.39. The normalized spacial score (nSPS) is 19.3. The van der Waals surface area contributed by atoms with E-state index in [1.807, 2.05) is 47.6 Å². The van der Waals surface area contributed by atoms with Gasteiger partial charge in [-0.25, -0.2) is 4.79 Å². The van der Waals surface area contributed by atoms with Crippen LogP contribution in [0.25, 0.3) is 0 Å². The highest BCUT2D eigenvalue weighted by molar-refractivity contribution is 9.10. The van der Waals surface area contributed by atoms with Gasteiger partial charge in [0.05, 0.1) is 4.47 Å². The van der Waals surface area contributed by atoms with Gasteiger partial charge < -0.3 is 29.0 Å². The number of rotatable bonds is 4. The van der Waals surface area contributed by atoms with Crippen molar-refractivity contribution >= 4 is 33.6 Å². The fourth-order valence-corrected chi connectivity index (χ4v) is 5.88. The average Bonchev–Trinajstić information content (AvgIpc) is 3.17. The SMILES string of the molecule is Cc1cc(C)c(N(C)C(=O)c2cc(Br)c3c(c2C)OC(C)(CC2CCN(C(=O)OC(C)(C)C)CC2)O3)c(=O)[nH]1. The van der Waals surface area contributed by atoms with Crippen LogP contribution in [0.1, 0.15) is 74.1 Å². The van der Waals surface area contributed by atoms with Crippen molar-refractivity contribution in [3.05, 3.63) is 49.3 Å². The van der Waals surface area contributed by atoms with Crippen LogP contribution in [0.3, 0.4) is 0 Å². The predicted molar refractivity (Wildman–Crippen MR) is 153 cm³/mol. The van der Waals surface area contributed by atoms with Crippen molar-refractivity contribution in [2.45, 2.75) is 79.1 Å². The number of fused-ring (bicyclic) bond motifs is 1. The van der Waals surface area contributed by atoms with Crippen LogP contribution >= 0.6 is 15.9 Å². The van der Waals surface area contributed by atoms with Gasteiger partial charge in [0, 0.05) is 50.3 Å². The highest BCUT2D eigenvalue weighted by Crippen LogP contribution is 2.50. The van der Waals surface area contributed by atoms with Gasteiger partial charge >= 0.3 is 6.09 Å². The van der Waals surface area contributed by atoms with Crippen molar-refractivity contribution in [3.8, 4) is 11.5 Å². The van der Waals surface area contributed by atoms with Crippen molar-refractivity contribution in [2.75, 3.05) is 25.0 Å². The van der Waals surface area contributed by atoms with Gasteiger partial charge in [0.1, 0.15) is 11.3 Å². The molecule has 0 radical (unpaired) electrons. The molecule has 10 heteroatoms. The molecule has 9 nitrogen and oxygen atoms in total. The molecule has 1 atom stereocenters. The molecule has 2 aliphatic heterocycles. The minimum absolute atomic E-state index is 0.280. The molecule has 3 heterocycles. The highest BCUT2D eigenvalue weighted by atomic mass is 79.9. The number of hydrogen-bond acceptors (Lipinski definition) is 6. The average molecular weight is 605 g/mol. The molecule has 2 amide bonds. The molecule has 0 bridgehead atoms. The van der Waals surface area contributed by atoms with Gasteiger partial charge in [0.15, 0.2) is 11.5 Å². The number of likely N-dealkylation sites (tertiary alicyclic amines) is 1. The van der Waals surface area contributed by atoms with E-state index in [1.54, 1.807) is 24.9 Å². The summed E-state index contributed by atoms with van der Waals surface area (Å²) >= 11 is 3.57. The van der Waals surface area contributed by atoms with Gasteiger partial charge in [-0.2, -0.15) is 0 Å². The number of pyridine rings is 1. The molecule has 39 heavy (non-hydrogen) atoms. The van der Waals surface area contributed by atoms with Crippen LogP contribution in [-0.2, 0) is 4.74 Å². The smallest absolute Gasteiger partial charge is 0.410 e. The Morgan fingerprint density at radius 1 is 1.15 bits per heavy atom. The minimum atomic E-state index is -0.910. The summed E-state index contributed by atoms with van der Waals surface area (Å²) in [6, 6.07) is 3.56. The van der Waals surface area contributed by atoms with Crippen LogP contribution in [0.5, 0.6) is 11.5 Å². The molecule has 2 aliphatic rings. The van der Waals surface area contributed by atoms with Crippen LogP contribution in [0.2, 0.25) is 0 Å². The van der Waals surface area contributed by atoms with Crippen molar-refractivity contribution < 1.29 is 23.8 Å². The van der Waals surface area contributed by atoms with Crippen LogP contribution in [0.4, 0.5) is 10.5 Å². The summed E-state index contributed by atoms with van der Waals surface area (Å²) in [6.45, 7) is 14.2. The van der Waals surface area contributed by atoms with Gasteiger partial charge in [-0.05, 0) is 93.9 Å². The number of aryl methyl sites for hydroxylation is 2. The Morgan fingerprint density at radius 3 is 2.36 bits per heavy atom. The summed E-state index contributed by atoms with van der Waals surface area (Å²) in [5.74, 6) is 0.145. The Hall–Kier alpha value is -3.01. The lowest BCUT2D eigenvalue weighted by Gasteiger charge is -2.35. The Balaban J connectivity index is 1.48. The van der Waals surface area contributed by atoms with Gasteiger partial charge in [0.25, 0.3) is 11.5 Å². The Labute approximate surface area is 237 Å². The van der Waals surface area contributed by atoms with Gasteiger partial charge in [-0.1, -0.05) is 0 Å². The molecule has 4 rings (SSSR count). The monoisotopic (exact) mass is 603 g/mol. The summed E-state index contributed by atoms with van der Waals surface area (Å²) < 4.78 is 18.8. The van der Waals surface area contributed by atoms with E-state index in [-0.39, 0.29) is 17.6 Å². The molecule has 1 aromatic heterocycles. The minimum Gasteiger partial charge on any atom is -0.448 e. The molecule has 212 valence electrons. The predicted octanol–water partition coefficient (Wildman–Crippen LogP) is 5.86. The van der Waals surface area contributed by atoms with Gasteiger partial charge in [0.2, 0.25) is 5.79 Å². The zero-order chi connectivity index (χ0) is 28.9. The number of amides is 2. The third-order valence-electron chi connectivity index (χ3n) is 7.20. The molecule has 0 spiro atoms. The van der Waals surface area contributed by atoms with Crippen LogP contribution in [0, 0.1) is 26.7 Å². The van der Waals surface area contributed by atoms with E-state index in [2.05, 4.69) is 20.9 Å². The lowest BCUT2D eigenvalue weighted by Crippen LogP contribution is -2.44. The molecule has 1 fully saturated rings. The number of carbonyl (C=O) groups is 2. The molecular weight excluding hydrogens is 566 g/mol. The maximum atomic E-state index is 13.6. The molecule has 1 N–H and O–H groups in total. The van der Waals surface area contributed by atoms with E-state index >= 15 is 0 Å². The zero-order valence-electron chi connectivity index (χ0n) is 24.0. The third-order valence-corrected chi connectivity index (χ3v) is 7.79. The van der Waals surface area contributed by atoms with Crippen molar-refractivity contribution in [3.63, 3.8) is 0 Å². The van der Waals surface area contributed by atoms with E-state index < -0.39 is 11.4 Å². The number of aromatic nitrogens is 1.